The molecular weight excluding hydrogens is 204 g/mol. The molecule has 0 radical (unpaired) electrons. The molecule has 100 valence electrons. The van der Waals surface area contributed by atoms with Crippen molar-refractivity contribution in [3.05, 3.63) is 0 Å². The van der Waals surface area contributed by atoms with Gasteiger partial charge < -0.3 is 0 Å². The van der Waals surface area contributed by atoms with Crippen molar-refractivity contribution in [3.8, 4) is 0 Å². The maximum Gasteiger partial charge on any atom is -0.0349 e. The lowest BCUT2D eigenvalue weighted by molar-refractivity contribution is 0.299. The number of unbranched alkanes of at least 4 members (excludes halogenated alkanes) is 3. The van der Waals surface area contributed by atoms with Gasteiger partial charge in [0.15, 0.2) is 0 Å². The summed E-state index contributed by atoms with van der Waals surface area (Å²) in [5, 5.41) is 0. The Bertz CT molecular complexity index is 232. The Labute approximate surface area is 109 Å². The minimum absolute atomic E-state index is 0.968. The predicted octanol–water partition coefficient (Wildman–Crippen LogP) is 5.52. The minimum Gasteiger partial charge on any atom is -0.0654 e. The predicted molar refractivity (Wildman–Crippen MR) is 76.0 cm³/mol. The third-order valence-corrected chi connectivity index (χ3v) is 5.70. The summed E-state index contributed by atoms with van der Waals surface area (Å²) in [4.78, 5) is 0. The molecule has 2 fully saturated rings. The van der Waals surface area contributed by atoms with Crippen LogP contribution >= 0.6 is 0 Å². The Morgan fingerprint density at radius 1 is 1.00 bits per heavy atom. The summed E-state index contributed by atoms with van der Waals surface area (Å²) in [6.45, 7) is 9.78. The molecule has 0 N–H and O–H groups in total. The second-order valence-corrected chi connectivity index (χ2v) is 7.13. The molecule has 0 heteroatoms. The lowest BCUT2D eigenvalue weighted by Crippen LogP contribution is -2.11. The Morgan fingerprint density at radius 2 is 1.71 bits per heavy atom. The molecule has 0 nitrogen and oxygen atoms in total. The summed E-state index contributed by atoms with van der Waals surface area (Å²) < 4.78 is 0. The normalized spacial score (nSPS) is 38.8. The molecule has 2 saturated carbocycles. The van der Waals surface area contributed by atoms with Gasteiger partial charge in [0.05, 0.1) is 0 Å². The van der Waals surface area contributed by atoms with E-state index in [-0.39, 0.29) is 0 Å². The van der Waals surface area contributed by atoms with E-state index in [1.54, 1.807) is 12.8 Å². The maximum absolute atomic E-state index is 2.53. The van der Waals surface area contributed by atoms with Crippen molar-refractivity contribution in [1.82, 2.24) is 0 Å². The highest BCUT2D eigenvalue weighted by atomic mass is 14.6. The fourth-order valence-corrected chi connectivity index (χ4v) is 3.86. The van der Waals surface area contributed by atoms with Crippen molar-refractivity contribution in [1.29, 1.82) is 0 Å². The van der Waals surface area contributed by atoms with Gasteiger partial charge in [-0.1, -0.05) is 59.8 Å². The molecule has 0 heterocycles. The summed E-state index contributed by atoms with van der Waals surface area (Å²) in [7, 11) is 0. The fraction of sp³-hybridized carbons (Fsp3) is 1.00. The highest BCUT2D eigenvalue weighted by molar-refractivity contribution is 5.02. The third kappa shape index (κ3) is 3.48. The number of hydrogen-bond acceptors (Lipinski definition) is 0. The van der Waals surface area contributed by atoms with E-state index < -0.39 is 0 Å². The SMILES string of the molecule is CCCCCCC(C)C(C)C1CC1C1CC1C. The molecule has 0 aromatic carbocycles. The van der Waals surface area contributed by atoms with Crippen LogP contribution in [0.15, 0.2) is 0 Å². The van der Waals surface area contributed by atoms with E-state index in [9.17, 15) is 0 Å². The van der Waals surface area contributed by atoms with Gasteiger partial charge in [-0.3, -0.25) is 0 Å². The summed E-state index contributed by atoms with van der Waals surface area (Å²) in [5.41, 5.74) is 0. The Balaban J connectivity index is 1.61. The van der Waals surface area contributed by atoms with Gasteiger partial charge in [0, 0.05) is 0 Å². The molecule has 0 aliphatic heterocycles. The van der Waals surface area contributed by atoms with E-state index in [1.165, 1.54) is 32.1 Å². The van der Waals surface area contributed by atoms with Crippen molar-refractivity contribution in [2.24, 2.45) is 35.5 Å². The van der Waals surface area contributed by atoms with Crippen molar-refractivity contribution >= 4 is 0 Å². The van der Waals surface area contributed by atoms with Crippen LogP contribution < -0.4 is 0 Å². The van der Waals surface area contributed by atoms with Gasteiger partial charge in [0.25, 0.3) is 0 Å². The second kappa shape index (κ2) is 5.76. The zero-order chi connectivity index (χ0) is 12.4. The van der Waals surface area contributed by atoms with Crippen LogP contribution in [-0.4, -0.2) is 0 Å². The molecule has 0 bridgehead atoms. The smallest absolute Gasteiger partial charge is 0.0349 e. The van der Waals surface area contributed by atoms with Crippen LogP contribution in [0.3, 0.4) is 0 Å². The molecule has 17 heavy (non-hydrogen) atoms. The number of rotatable bonds is 8. The first-order valence-corrected chi connectivity index (χ1v) is 8.15. The first-order valence-electron chi connectivity index (χ1n) is 8.15. The Morgan fingerprint density at radius 3 is 2.29 bits per heavy atom. The summed E-state index contributed by atoms with van der Waals surface area (Å²) >= 11 is 0. The van der Waals surface area contributed by atoms with Gasteiger partial charge >= 0.3 is 0 Å². The first kappa shape index (κ1) is 13.4. The largest absolute Gasteiger partial charge is 0.0654 e. The van der Waals surface area contributed by atoms with Crippen LogP contribution in [0.5, 0.6) is 0 Å². The van der Waals surface area contributed by atoms with Gasteiger partial charge in [-0.25, -0.2) is 0 Å². The topological polar surface area (TPSA) is 0 Å². The highest BCUT2D eigenvalue weighted by Crippen LogP contribution is 2.61. The maximum atomic E-state index is 2.53. The van der Waals surface area contributed by atoms with Crippen LogP contribution in [0.1, 0.15) is 72.6 Å². The van der Waals surface area contributed by atoms with Crippen LogP contribution in [0.25, 0.3) is 0 Å². The van der Waals surface area contributed by atoms with Gasteiger partial charge in [0.1, 0.15) is 0 Å². The Hall–Kier alpha value is 0. The van der Waals surface area contributed by atoms with E-state index in [0.717, 1.165) is 35.5 Å². The molecule has 6 atom stereocenters. The van der Waals surface area contributed by atoms with Crippen molar-refractivity contribution in [2.45, 2.75) is 72.6 Å². The zero-order valence-electron chi connectivity index (χ0n) is 12.4. The molecule has 0 aromatic rings. The van der Waals surface area contributed by atoms with Crippen LogP contribution in [-0.2, 0) is 0 Å². The van der Waals surface area contributed by atoms with E-state index in [2.05, 4.69) is 27.7 Å². The average Bonchev–Trinajstić information content (AvgIpc) is 3.18. The standard InChI is InChI=1S/C17H32/c1-5-6-7-8-9-12(2)14(4)16-11-17(16)15-10-13(15)3/h12-17H,5-11H2,1-4H3. The Kier molecular flexibility index (Phi) is 4.55. The van der Waals surface area contributed by atoms with Crippen LogP contribution in [0.4, 0.5) is 0 Å². The molecule has 0 spiro atoms. The molecule has 0 aromatic heterocycles. The highest BCUT2D eigenvalue weighted by Gasteiger charge is 2.53. The van der Waals surface area contributed by atoms with E-state index in [0.29, 0.717) is 0 Å². The zero-order valence-corrected chi connectivity index (χ0v) is 12.4. The minimum atomic E-state index is 0.968. The van der Waals surface area contributed by atoms with Crippen molar-refractivity contribution < 1.29 is 0 Å². The average molecular weight is 236 g/mol. The second-order valence-electron chi connectivity index (χ2n) is 7.13. The summed E-state index contributed by atoms with van der Waals surface area (Å²) in [5.74, 6) is 6.40. The van der Waals surface area contributed by atoms with E-state index in [4.69, 9.17) is 0 Å². The van der Waals surface area contributed by atoms with Gasteiger partial charge in [-0.2, -0.15) is 0 Å². The molecule has 2 aliphatic carbocycles. The number of hydrogen-bond donors (Lipinski definition) is 0. The molecule has 2 rings (SSSR count). The third-order valence-electron chi connectivity index (χ3n) is 5.70. The van der Waals surface area contributed by atoms with Gasteiger partial charge in [0.2, 0.25) is 0 Å². The van der Waals surface area contributed by atoms with E-state index in [1.807, 2.05) is 0 Å². The molecular formula is C17H32. The quantitative estimate of drug-likeness (QED) is 0.487. The monoisotopic (exact) mass is 236 g/mol. The van der Waals surface area contributed by atoms with Crippen LogP contribution in [0.2, 0.25) is 0 Å². The molecule has 6 unspecified atom stereocenters. The molecule has 2 aliphatic rings. The molecule has 0 amide bonds. The van der Waals surface area contributed by atoms with Gasteiger partial charge in [-0.15, -0.1) is 0 Å². The van der Waals surface area contributed by atoms with Crippen molar-refractivity contribution in [2.75, 3.05) is 0 Å². The first-order chi connectivity index (χ1) is 8.15. The van der Waals surface area contributed by atoms with E-state index >= 15 is 0 Å². The fourth-order valence-electron chi connectivity index (χ4n) is 3.86. The van der Waals surface area contributed by atoms with Crippen LogP contribution in [0, 0.1) is 35.5 Å². The van der Waals surface area contributed by atoms with Gasteiger partial charge in [-0.05, 0) is 48.3 Å². The lowest BCUT2D eigenvalue weighted by Gasteiger charge is -2.20. The lowest BCUT2D eigenvalue weighted by atomic mass is 9.86. The summed E-state index contributed by atoms with van der Waals surface area (Å²) in [6.07, 6.45) is 10.3. The summed E-state index contributed by atoms with van der Waals surface area (Å²) in [6, 6.07) is 0. The van der Waals surface area contributed by atoms with Crippen molar-refractivity contribution in [3.63, 3.8) is 0 Å². The molecule has 0 saturated heterocycles.